The Bertz CT molecular complexity index is 653. The molecule has 0 bridgehead atoms. The van der Waals surface area contributed by atoms with Gasteiger partial charge in [0.25, 0.3) is 0 Å². The molecule has 0 radical (unpaired) electrons. The highest BCUT2D eigenvalue weighted by Gasteiger charge is 2.23. The summed E-state index contributed by atoms with van der Waals surface area (Å²) in [6.07, 6.45) is 3.06. The van der Waals surface area contributed by atoms with Gasteiger partial charge in [0.2, 0.25) is 0 Å². The molecule has 0 saturated heterocycles. The summed E-state index contributed by atoms with van der Waals surface area (Å²) >= 11 is 0. The monoisotopic (exact) mass is 282 g/mol. The number of hydrogen-bond donors (Lipinski definition) is 0. The smallest absolute Gasteiger partial charge is 0.357 e. The summed E-state index contributed by atoms with van der Waals surface area (Å²) in [4.78, 5) is 35.9. The van der Waals surface area contributed by atoms with Gasteiger partial charge in [-0.15, -0.1) is 0 Å². The fraction of sp³-hybridized carbons (Fsp3) is 0.500. The fourth-order valence-corrected chi connectivity index (χ4v) is 1.81. The third kappa shape index (κ3) is 2.79. The first-order valence-electron chi connectivity index (χ1n) is 6.21. The standard InChI is InChI=1S/C12H18N4O4/c1-5-15(6-2)8-7-9-10(16(19)20)11(17)14(4)12(18)13(9)3/h7-8H,5-6H2,1-4H3/b8-7+. The Labute approximate surface area is 115 Å². The summed E-state index contributed by atoms with van der Waals surface area (Å²) in [6, 6.07) is 0. The molecule has 8 nitrogen and oxygen atoms in total. The van der Waals surface area contributed by atoms with Crippen LogP contribution < -0.4 is 11.2 Å². The number of hydrogen-bond acceptors (Lipinski definition) is 5. The molecule has 20 heavy (non-hydrogen) atoms. The molecule has 0 aliphatic carbocycles. The van der Waals surface area contributed by atoms with Crippen molar-refractivity contribution >= 4 is 11.8 Å². The van der Waals surface area contributed by atoms with Crippen molar-refractivity contribution in [2.45, 2.75) is 13.8 Å². The number of rotatable bonds is 5. The van der Waals surface area contributed by atoms with Gasteiger partial charge in [0.15, 0.2) is 0 Å². The van der Waals surface area contributed by atoms with Crippen molar-refractivity contribution in [1.82, 2.24) is 14.0 Å². The lowest BCUT2D eigenvalue weighted by molar-refractivity contribution is -0.387. The van der Waals surface area contributed by atoms with E-state index in [0.717, 1.165) is 22.2 Å². The van der Waals surface area contributed by atoms with Gasteiger partial charge in [0.05, 0.1) is 4.92 Å². The Morgan fingerprint density at radius 2 is 1.75 bits per heavy atom. The van der Waals surface area contributed by atoms with Gasteiger partial charge < -0.3 is 4.90 Å². The van der Waals surface area contributed by atoms with Crippen molar-refractivity contribution in [1.29, 1.82) is 0 Å². The molecule has 0 N–H and O–H groups in total. The molecule has 0 saturated carbocycles. The van der Waals surface area contributed by atoms with Gasteiger partial charge in [-0.3, -0.25) is 24.0 Å². The highest BCUT2D eigenvalue weighted by atomic mass is 16.6. The Balaban J connectivity index is 3.57. The Morgan fingerprint density at radius 1 is 1.20 bits per heavy atom. The van der Waals surface area contributed by atoms with E-state index in [4.69, 9.17) is 0 Å². The molecule has 110 valence electrons. The zero-order chi connectivity index (χ0) is 15.4. The molecule has 0 aliphatic rings. The van der Waals surface area contributed by atoms with Crippen LogP contribution in [0.15, 0.2) is 15.8 Å². The summed E-state index contributed by atoms with van der Waals surface area (Å²) in [5.41, 5.74) is -2.11. The topological polar surface area (TPSA) is 90.4 Å². The van der Waals surface area contributed by atoms with E-state index in [0.29, 0.717) is 0 Å². The second-order valence-electron chi connectivity index (χ2n) is 4.23. The lowest BCUT2D eigenvalue weighted by Crippen LogP contribution is -2.39. The van der Waals surface area contributed by atoms with E-state index in [9.17, 15) is 19.7 Å². The Kier molecular flexibility index (Phi) is 4.84. The van der Waals surface area contributed by atoms with Crippen molar-refractivity contribution in [2.75, 3.05) is 13.1 Å². The van der Waals surface area contributed by atoms with Crippen LogP contribution in [-0.4, -0.2) is 32.0 Å². The molecule has 1 rings (SSSR count). The third-order valence-corrected chi connectivity index (χ3v) is 3.12. The maximum Gasteiger partial charge on any atom is 0.357 e. The van der Waals surface area contributed by atoms with Crippen LogP contribution in [-0.2, 0) is 14.1 Å². The number of aromatic nitrogens is 2. The number of nitro groups is 1. The van der Waals surface area contributed by atoms with Crippen LogP contribution in [0, 0.1) is 10.1 Å². The average Bonchev–Trinajstić information content (AvgIpc) is 2.42. The van der Waals surface area contributed by atoms with Gasteiger partial charge in [-0.2, -0.15) is 0 Å². The molecule has 0 atom stereocenters. The second kappa shape index (κ2) is 6.18. The first-order chi connectivity index (χ1) is 9.34. The van der Waals surface area contributed by atoms with E-state index < -0.39 is 21.9 Å². The van der Waals surface area contributed by atoms with Crippen molar-refractivity contribution in [3.05, 3.63) is 42.8 Å². The lowest BCUT2D eigenvalue weighted by Gasteiger charge is -2.15. The predicted molar refractivity (Wildman–Crippen MR) is 75.5 cm³/mol. The average molecular weight is 282 g/mol. The maximum absolute atomic E-state index is 11.8. The fourth-order valence-electron chi connectivity index (χ4n) is 1.81. The number of nitrogens with zero attached hydrogens (tertiary/aromatic N) is 4. The maximum atomic E-state index is 11.8. The molecule has 1 aromatic rings. The minimum Gasteiger partial charge on any atom is -0.378 e. The summed E-state index contributed by atoms with van der Waals surface area (Å²) in [5, 5.41) is 11.1. The minimum atomic E-state index is -0.905. The molecule has 0 unspecified atom stereocenters. The largest absolute Gasteiger partial charge is 0.378 e. The van der Waals surface area contributed by atoms with Crippen LogP contribution in [0.25, 0.3) is 6.08 Å². The molecule has 0 fully saturated rings. The molecule has 0 aromatic carbocycles. The van der Waals surface area contributed by atoms with Gasteiger partial charge in [0.1, 0.15) is 5.69 Å². The molecule has 0 amide bonds. The Hall–Kier alpha value is -2.38. The summed E-state index contributed by atoms with van der Waals surface area (Å²) in [6.45, 7) is 5.32. The van der Waals surface area contributed by atoms with Gasteiger partial charge in [0, 0.05) is 33.4 Å². The first kappa shape index (κ1) is 15.7. The summed E-state index contributed by atoms with van der Waals surface area (Å²) in [5.74, 6) is 0. The molecule has 0 spiro atoms. The van der Waals surface area contributed by atoms with E-state index >= 15 is 0 Å². The minimum absolute atomic E-state index is 0.00463. The summed E-state index contributed by atoms with van der Waals surface area (Å²) < 4.78 is 1.83. The van der Waals surface area contributed by atoms with Crippen LogP contribution in [0.3, 0.4) is 0 Å². The first-order valence-corrected chi connectivity index (χ1v) is 6.21. The van der Waals surface area contributed by atoms with E-state index in [1.165, 1.54) is 20.2 Å². The Morgan fingerprint density at radius 3 is 2.20 bits per heavy atom. The highest BCUT2D eigenvalue weighted by Crippen LogP contribution is 2.12. The predicted octanol–water partition coefficient (Wildman–Crippen LogP) is 0.305. The van der Waals surface area contributed by atoms with Crippen LogP contribution >= 0.6 is 0 Å². The van der Waals surface area contributed by atoms with E-state index in [1.54, 1.807) is 6.20 Å². The van der Waals surface area contributed by atoms with Crippen LogP contribution in [0.2, 0.25) is 0 Å². The quantitative estimate of drug-likeness (QED) is 0.572. The SMILES string of the molecule is CCN(/C=C/c1c([N+](=O)[O-])c(=O)n(C)c(=O)n1C)CC. The molecule has 8 heteroatoms. The molecule has 1 aromatic heterocycles. The van der Waals surface area contributed by atoms with E-state index in [-0.39, 0.29) is 5.69 Å². The van der Waals surface area contributed by atoms with Gasteiger partial charge >= 0.3 is 16.9 Å². The van der Waals surface area contributed by atoms with Crippen LogP contribution in [0.1, 0.15) is 19.5 Å². The lowest BCUT2D eigenvalue weighted by atomic mass is 10.3. The molecule has 0 aliphatic heterocycles. The second-order valence-corrected chi connectivity index (χ2v) is 4.23. The van der Waals surface area contributed by atoms with Crippen molar-refractivity contribution < 1.29 is 4.92 Å². The van der Waals surface area contributed by atoms with E-state index in [2.05, 4.69) is 0 Å². The van der Waals surface area contributed by atoms with Crippen molar-refractivity contribution in [3.8, 4) is 0 Å². The summed E-state index contributed by atoms with van der Waals surface area (Å²) in [7, 11) is 2.62. The van der Waals surface area contributed by atoms with Crippen LogP contribution in [0.4, 0.5) is 5.69 Å². The van der Waals surface area contributed by atoms with Gasteiger partial charge in [-0.05, 0) is 19.9 Å². The highest BCUT2D eigenvalue weighted by molar-refractivity contribution is 5.56. The van der Waals surface area contributed by atoms with Crippen molar-refractivity contribution in [3.63, 3.8) is 0 Å². The normalized spacial score (nSPS) is 11.0. The van der Waals surface area contributed by atoms with Gasteiger partial charge in [-0.1, -0.05) is 0 Å². The molecular formula is C12H18N4O4. The van der Waals surface area contributed by atoms with E-state index in [1.807, 2.05) is 18.7 Å². The molecule has 1 heterocycles. The molecular weight excluding hydrogens is 264 g/mol. The van der Waals surface area contributed by atoms with Crippen LogP contribution in [0.5, 0.6) is 0 Å². The van der Waals surface area contributed by atoms with Crippen molar-refractivity contribution in [2.24, 2.45) is 14.1 Å². The third-order valence-electron chi connectivity index (χ3n) is 3.12. The zero-order valence-corrected chi connectivity index (χ0v) is 12.0. The van der Waals surface area contributed by atoms with Gasteiger partial charge in [-0.25, -0.2) is 4.79 Å². The zero-order valence-electron chi connectivity index (χ0n) is 12.0.